The van der Waals surface area contributed by atoms with Crippen molar-refractivity contribution in [3.8, 4) is 11.5 Å². The summed E-state index contributed by atoms with van der Waals surface area (Å²) in [6, 6.07) is 29.9. The summed E-state index contributed by atoms with van der Waals surface area (Å²) in [6.07, 6.45) is 0.676. The first-order chi connectivity index (χ1) is 17.4. The molecule has 0 aliphatic carbocycles. The van der Waals surface area contributed by atoms with Gasteiger partial charge in [0.25, 0.3) is 5.91 Å². The lowest BCUT2D eigenvalue weighted by molar-refractivity contribution is 0.0694. The summed E-state index contributed by atoms with van der Waals surface area (Å²) in [6.45, 7) is 4.97. The quantitative estimate of drug-likeness (QED) is 0.291. The van der Waals surface area contributed by atoms with E-state index < -0.39 is 5.97 Å². The number of ether oxygens (including phenoxy) is 1. The number of nitrogens with zero attached hydrogens (tertiary/aromatic N) is 1. The Kier molecular flexibility index (Phi) is 7.81. The van der Waals surface area contributed by atoms with Crippen LogP contribution in [0.15, 0.2) is 97.1 Å². The van der Waals surface area contributed by atoms with E-state index in [4.69, 9.17) is 9.84 Å². The third-order valence-corrected chi connectivity index (χ3v) is 6.10. The van der Waals surface area contributed by atoms with Crippen LogP contribution in [0.4, 0.5) is 0 Å². The Hall–Kier alpha value is -4.38. The number of carbonyl (C=O) groups excluding carboxylic acids is 1. The highest BCUT2D eigenvalue weighted by molar-refractivity contribution is 5.94. The van der Waals surface area contributed by atoms with E-state index in [0.29, 0.717) is 25.1 Å². The third kappa shape index (κ3) is 6.19. The van der Waals surface area contributed by atoms with Crippen LogP contribution in [0.2, 0.25) is 0 Å². The van der Waals surface area contributed by atoms with E-state index in [2.05, 4.69) is 0 Å². The third-order valence-electron chi connectivity index (χ3n) is 6.10. The highest BCUT2D eigenvalue weighted by Crippen LogP contribution is 2.28. The van der Waals surface area contributed by atoms with E-state index >= 15 is 0 Å². The van der Waals surface area contributed by atoms with Gasteiger partial charge in [0.15, 0.2) is 0 Å². The van der Waals surface area contributed by atoms with Crippen LogP contribution in [0.1, 0.15) is 43.0 Å². The lowest BCUT2D eigenvalue weighted by Gasteiger charge is -2.23. The van der Waals surface area contributed by atoms with E-state index in [9.17, 15) is 9.59 Å². The van der Waals surface area contributed by atoms with Gasteiger partial charge in [0.05, 0.1) is 5.56 Å². The molecule has 4 rings (SSSR count). The molecule has 0 radical (unpaired) electrons. The van der Waals surface area contributed by atoms with Gasteiger partial charge in [-0.15, -0.1) is 0 Å². The second-order valence-corrected chi connectivity index (χ2v) is 8.81. The molecule has 36 heavy (non-hydrogen) atoms. The maximum Gasteiger partial charge on any atom is 0.335 e. The highest BCUT2D eigenvalue weighted by Gasteiger charge is 2.16. The predicted octanol–water partition coefficient (Wildman–Crippen LogP) is 6.68. The summed E-state index contributed by atoms with van der Waals surface area (Å²) >= 11 is 0. The van der Waals surface area contributed by atoms with Crippen molar-refractivity contribution < 1.29 is 19.4 Å². The van der Waals surface area contributed by atoms with Gasteiger partial charge in [-0.1, -0.05) is 60.7 Å². The van der Waals surface area contributed by atoms with Crippen molar-refractivity contribution in [2.24, 2.45) is 0 Å². The lowest BCUT2D eigenvalue weighted by atomic mass is 10.1. The Morgan fingerprint density at radius 2 is 1.33 bits per heavy atom. The molecule has 0 atom stereocenters. The number of rotatable bonds is 9. The normalized spacial score (nSPS) is 10.6. The van der Waals surface area contributed by atoms with Crippen molar-refractivity contribution in [2.75, 3.05) is 6.54 Å². The molecule has 1 N–H and O–H groups in total. The second kappa shape index (κ2) is 11.4. The maximum absolute atomic E-state index is 13.3. The molecule has 0 bridgehead atoms. The van der Waals surface area contributed by atoms with Crippen LogP contribution in [-0.2, 0) is 13.0 Å². The summed E-state index contributed by atoms with van der Waals surface area (Å²) in [5.41, 5.74) is 4.99. The van der Waals surface area contributed by atoms with Gasteiger partial charge in [0.2, 0.25) is 0 Å². The Morgan fingerprint density at radius 3 is 1.94 bits per heavy atom. The van der Waals surface area contributed by atoms with Crippen LogP contribution in [0.5, 0.6) is 11.5 Å². The molecule has 0 saturated heterocycles. The van der Waals surface area contributed by atoms with E-state index in [1.165, 1.54) is 0 Å². The van der Waals surface area contributed by atoms with Crippen molar-refractivity contribution >= 4 is 11.9 Å². The van der Waals surface area contributed by atoms with Crippen LogP contribution < -0.4 is 4.74 Å². The number of carboxylic acids is 1. The van der Waals surface area contributed by atoms with Gasteiger partial charge in [-0.2, -0.15) is 0 Å². The Labute approximate surface area is 211 Å². The number of aromatic carboxylic acids is 1. The average molecular weight is 480 g/mol. The van der Waals surface area contributed by atoms with Crippen LogP contribution in [0.3, 0.4) is 0 Å². The molecule has 0 unspecified atom stereocenters. The molecule has 4 aromatic rings. The Morgan fingerprint density at radius 1 is 0.722 bits per heavy atom. The number of hydrogen-bond acceptors (Lipinski definition) is 3. The van der Waals surface area contributed by atoms with Gasteiger partial charge >= 0.3 is 5.97 Å². The fourth-order valence-electron chi connectivity index (χ4n) is 4.06. The van der Waals surface area contributed by atoms with Gasteiger partial charge in [-0.3, -0.25) is 4.79 Å². The molecule has 5 nitrogen and oxygen atoms in total. The zero-order valence-electron chi connectivity index (χ0n) is 20.5. The Balaban J connectivity index is 1.47. The number of hydrogen-bond donors (Lipinski definition) is 1. The molecule has 0 aliphatic rings. The van der Waals surface area contributed by atoms with Crippen LogP contribution in [-0.4, -0.2) is 28.4 Å². The molecule has 0 heterocycles. The zero-order valence-corrected chi connectivity index (χ0v) is 20.5. The largest absolute Gasteiger partial charge is 0.478 e. The van der Waals surface area contributed by atoms with Crippen LogP contribution in [0.25, 0.3) is 0 Å². The molecule has 0 aromatic heterocycles. The number of amides is 1. The van der Waals surface area contributed by atoms with Gasteiger partial charge in [0, 0.05) is 18.7 Å². The topological polar surface area (TPSA) is 66.8 Å². The summed E-state index contributed by atoms with van der Waals surface area (Å²) < 4.78 is 6.12. The summed E-state index contributed by atoms with van der Waals surface area (Å²) in [5, 5.41) is 9.16. The highest BCUT2D eigenvalue weighted by atomic mass is 16.5. The smallest absolute Gasteiger partial charge is 0.335 e. The van der Waals surface area contributed by atoms with E-state index in [1.807, 2.05) is 86.6 Å². The number of benzene rings is 4. The molecular formula is C31H29NO4. The molecule has 182 valence electrons. The van der Waals surface area contributed by atoms with Crippen LogP contribution >= 0.6 is 0 Å². The van der Waals surface area contributed by atoms with E-state index in [-0.39, 0.29) is 11.5 Å². The number of para-hydroxylation sites is 1. The van der Waals surface area contributed by atoms with Gasteiger partial charge in [-0.05, 0) is 78.9 Å². The number of aryl methyl sites for hydroxylation is 2. The molecule has 0 saturated carbocycles. The fraction of sp³-hybridized carbons (Fsp3) is 0.161. The van der Waals surface area contributed by atoms with Crippen molar-refractivity contribution in [3.63, 3.8) is 0 Å². The van der Waals surface area contributed by atoms with E-state index in [0.717, 1.165) is 33.8 Å². The van der Waals surface area contributed by atoms with E-state index in [1.54, 1.807) is 29.2 Å². The predicted molar refractivity (Wildman–Crippen MR) is 141 cm³/mol. The van der Waals surface area contributed by atoms with Crippen molar-refractivity contribution in [3.05, 3.63) is 130 Å². The minimum Gasteiger partial charge on any atom is -0.478 e. The number of carbonyl (C=O) groups is 2. The molecule has 0 aliphatic heterocycles. The SMILES string of the molecule is Cc1cccc(C)c1Oc1ccc(CCN(Cc2ccc(C(=O)O)cc2)C(=O)c2ccccc2)cc1. The first-order valence-electron chi connectivity index (χ1n) is 11.9. The van der Waals surface area contributed by atoms with Gasteiger partial charge < -0.3 is 14.7 Å². The number of carboxylic acid groups (broad SMARTS) is 1. The van der Waals surface area contributed by atoms with Crippen LogP contribution in [0, 0.1) is 13.8 Å². The van der Waals surface area contributed by atoms with Crippen molar-refractivity contribution in [1.29, 1.82) is 0 Å². The first-order valence-corrected chi connectivity index (χ1v) is 11.9. The van der Waals surface area contributed by atoms with Gasteiger partial charge in [-0.25, -0.2) is 4.79 Å². The molecule has 4 aromatic carbocycles. The van der Waals surface area contributed by atoms with Gasteiger partial charge in [0.1, 0.15) is 11.5 Å². The minimum atomic E-state index is -0.969. The first kappa shape index (κ1) is 24.7. The molecular weight excluding hydrogens is 450 g/mol. The fourth-order valence-corrected chi connectivity index (χ4v) is 4.06. The zero-order chi connectivity index (χ0) is 25.5. The average Bonchev–Trinajstić information content (AvgIpc) is 2.90. The molecule has 0 fully saturated rings. The molecule has 5 heteroatoms. The Bertz CT molecular complexity index is 1310. The summed E-state index contributed by atoms with van der Waals surface area (Å²) in [5.74, 6) is 0.613. The summed E-state index contributed by atoms with van der Waals surface area (Å²) in [4.78, 5) is 26.2. The summed E-state index contributed by atoms with van der Waals surface area (Å²) in [7, 11) is 0. The molecule has 0 spiro atoms. The van der Waals surface area contributed by atoms with Crippen molar-refractivity contribution in [2.45, 2.75) is 26.8 Å². The standard InChI is InChI=1S/C31H29NO4/c1-22-7-6-8-23(2)29(22)36-28-17-13-24(14-18-28)19-20-32(30(33)26-9-4-3-5-10-26)21-25-11-15-27(16-12-25)31(34)35/h3-18H,19-21H2,1-2H3,(H,34,35). The van der Waals surface area contributed by atoms with Crippen molar-refractivity contribution in [1.82, 2.24) is 4.90 Å². The minimum absolute atomic E-state index is 0.0621. The monoisotopic (exact) mass is 479 g/mol. The second-order valence-electron chi connectivity index (χ2n) is 8.81. The maximum atomic E-state index is 13.3. The lowest BCUT2D eigenvalue weighted by Crippen LogP contribution is -2.32. The molecule has 1 amide bonds.